The Morgan fingerprint density at radius 1 is 1.10 bits per heavy atom. The summed E-state index contributed by atoms with van der Waals surface area (Å²) in [6, 6.07) is 12.2. The molecule has 2 aromatic carbocycles. The molecule has 0 aliphatic heterocycles. The second kappa shape index (κ2) is 5.71. The summed E-state index contributed by atoms with van der Waals surface area (Å²) in [5.41, 5.74) is 0.620. The van der Waals surface area contributed by atoms with E-state index in [9.17, 15) is 8.42 Å². The van der Waals surface area contributed by atoms with Crippen LogP contribution in [0.1, 0.15) is 5.56 Å². The van der Waals surface area contributed by atoms with Crippen LogP contribution in [0.4, 0.5) is 5.69 Å². The first kappa shape index (κ1) is 14.7. The summed E-state index contributed by atoms with van der Waals surface area (Å²) in [6.07, 6.45) is 0. The number of sulfonamides is 1. The molecule has 20 heavy (non-hydrogen) atoms. The van der Waals surface area contributed by atoms with Crippen LogP contribution in [0, 0.1) is 11.3 Å². The van der Waals surface area contributed by atoms with E-state index in [2.05, 4.69) is 4.72 Å². The normalized spacial score (nSPS) is 10.8. The van der Waals surface area contributed by atoms with E-state index in [0.717, 1.165) is 0 Å². The first-order valence-electron chi connectivity index (χ1n) is 5.40. The molecule has 0 saturated carbocycles. The third-order valence-corrected chi connectivity index (χ3v) is 4.53. The molecule has 0 atom stereocenters. The van der Waals surface area contributed by atoms with Crippen LogP contribution < -0.4 is 4.72 Å². The molecule has 0 aliphatic carbocycles. The molecular formula is C13H8Cl2N2O2S. The fourth-order valence-electron chi connectivity index (χ4n) is 1.55. The molecule has 0 heterocycles. The average Bonchev–Trinajstić information content (AvgIpc) is 2.37. The lowest BCUT2D eigenvalue weighted by atomic mass is 10.2. The highest BCUT2D eigenvalue weighted by atomic mass is 35.5. The fourth-order valence-corrected chi connectivity index (χ4v) is 3.34. The topological polar surface area (TPSA) is 70.0 Å². The second-order valence-electron chi connectivity index (χ2n) is 3.87. The van der Waals surface area contributed by atoms with Gasteiger partial charge in [-0.3, -0.25) is 4.72 Å². The maximum atomic E-state index is 12.2. The van der Waals surface area contributed by atoms with E-state index < -0.39 is 10.0 Å². The summed E-state index contributed by atoms with van der Waals surface area (Å²) in [4.78, 5) is -0.0989. The summed E-state index contributed by atoms with van der Waals surface area (Å²) in [5.74, 6) is 0. The first-order valence-corrected chi connectivity index (χ1v) is 7.64. The van der Waals surface area contributed by atoms with Crippen molar-refractivity contribution < 1.29 is 8.42 Å². The van der Waals surface area contributed by atoms with E-state index in [1.165, 1.54) is 24.3 Å². The van der Waals surface area contributed by atoms with Gasteiger partial charge in [-0.05, 0) is 36.4 Å². The number of hydrogen-bond donors (Lipinski definition) is 1. The summed E-state index contributed by atoms with van der Waals surface area (Å²) in [7, 11) is -3.84. The number of rotatable bonds is 3. The Kier molecular flexibility index (Phi) is 4.19. The Labute approximate surface area is 126 Å². The zero-order chi connectivity index (χ0) is 14.8. The third kappa shape index (κ3) is 3.23. The number of benzene rings is 2. The highest BCUT2D eigenvalue weighted by Gasteiger charge is 2.18. The molecule has 1 N–H and O–H groups in total. The molecule has 0 amide bonds. The monoisotopic (exact) mass is 326 g/mol. The molecule has 2 aromatic rings. The van der Waals surface area contributed by atoms with Gasteiger partial charge in [0.1, 0.15) is 4.90 Å². The second-order valence-corrected chi connectivity index (χ2v) is 6.37. The number of nitrogens with zero attached hydrogens (tertiary/aromatic N) is 1. The van der Waals surface area contributed by atoms with Crippen molar-refractivity contribution in [3.8, 4) is 6.07 Å². The zero-order valence-corrected chi connectivity index (χ0v) is 12.3. The van der Waals surface area contributed by atoms with Gasteiger partial charge in [-0.15, -0.1) is 0 Å². The summed E-state index contributed by atoms with van der Waals surface area (Å²) in [6.45, 7) is 0. The quantitative estimate of drug-likeness (QED) is 0.935. The lowest BCUT2D eigenvalue weighted by Crippen LogP contribution is -2.13. The molecule has 4 nitrogen and oxygen atoms in total. The minimum absolute atomic E-state index is 0.0152. The predicted octanol–water partition coefficient (Wildman–Crippen LogP) is 3.67. The maximum absolute atomic E-state index is 12.2. The molecule has 102 valence electrons. The van der Waals surface area contributed by atoms with Gasteiger partial charge >= 0.3 is 0 Å². The highest BCUT2D eigenvalue weighted by Crippen LogP contribution is 2.25. The Hall–Kier alpha value is -1.74. The fraction of sp³-hybridized carbons (Fsp3) is 0. The zero-order valence-electron chi connectivity index (χ0n) is 9.97. The first-order chi connectivity index (χ1) is 9.42. The van der Waals surface area contributed by atoms with Crippen LogP contribution in [0.25, 0.3) is 0 Å². The molecule has 0 saturated heterocycles. The van der Waals surface area contributed by atoms with Crippen molar-refractivity contribution in [2.45, 2.75) is 4.90 Å². The predicted molar refractivity (Wildman–Crippen MR) is 78.4 cm³/mol. The van der Waals surface area contributed by atoms with Crippen LogP contribution in [-0.4, -0.2) is 8.42 Å². The number of halogens is 2. The van der Waals surface area contributed by atoms with Gasteiger partial charge < -0.3 is 0 Å². The minimum Gasteiger partial charge on any atom is -0.280 e. The van der Waals surface area contributed by atoms with Gasteiger partial charge in [-0.25, -0.2) is 8.42 Å². The van der Waals surface area contributed by atoms with Crippen molar-refractivity contribution in [1.82, 2.24) is 0 Å². The Balaban J connectivity index is 2.39. The number of nitrogens with one attached hydrogen (secondary N) is 1. The van der Waals surface area contributed by atoms with E-state index in [0.29, 0.717) is 10.7 Å². The van der Waals surface area contributed by atoms with E-state index in [-0.39, 0.29) is 15.5 Å². The van der Waals surface area contributed by atoms with Gasteiger partial charge in [0.05, 0.1) is 22.3 Å². The number of anilines is 1. The molecule has 0 fully saturated rings. The number of nitriles is 1. The Bertz CT molecular complexity index is 798. The van der Waals surface area contributed by atoms with Crippen molar-refractivity contribution >= 4 is 38.9 Å². The van der Waals surface area contributed by atoms with E-state index in [1.807, 2.05) is 6.07 Å². The van der Waals surface area contributed by atoms with E-state index in [4.69, 9.17) is 28.5 Å². The molecule has 7 heteroatoms. The van der Waals surface area contributed by atoms with E-state index in [1.54, 1.807) is 18.2 Å². The largest absolute Gasteiger partial charge is 0.280 e. The Morgan fingerprint density at radius 2 is 1.85 bits per heavy atom. The van der Waals surface area contributed by atoms with Gasteiger partial charge in [-0.1, -0.05) is 29.3 Å². The number of hydrogen-bond acceptors (Lipinski definition) is 3. The van der Waals surface area contributed by atoms with Gasteiger partial charge in [0, 0.05) is 5.02 Å². The SMILES string of the molecule is N#Cc1ccc(S(=O)(=O)Nc2cccc(Cl)c2)c(Cl)c1. The van der Waals surface area contributed by atoms with Crippen molar-refractivity contribution in [3.05, 3.63) is 58.1 Å². The third-order valence-electron chi connectivity index (χ3n) is 2.43. The highest BCUT2D eigenvalue weighted by molar-refractivity contribution is 7.92. The van der Waals surface area contributed by atoms with Crippen LogP contribution in [-0.2, 0) is 10.0 Å². The molecule has 0 aromatic heterocycles. The van der Waals surface area contributed by atoms with Crippen molar-refractivity contribution in [2.75, 3.05) is 4.72 Å². The Morgan fingerprint density at radius 3 is 2.45 bits per heavy atom. The lowest BCUT2D eigenvalue weighted by molar-refractivity contribution is 0.601. The smallest absolute Gasteiger partial charge is 0.263 e. The molecule has 0 radical (unpaired) electrons. The molecular weight excluding hydrogens is 319 g/mol. The van der Waals surface area contributed by atoms with Gasteiger partial charge in [-0.2, -0.15) is 5.26 Å². The standard InChI is InChI=1S/C13H8Cl2N2O2S/c14-10-2-1-3-11(7-10)17-20(18,19)13-5-4-9(8-16)6-12(13)15/h1-7,17H. The maximum Gasteiger partial charge on any atom is 0.263 e. The van der Waals surface area contributed by atoms with Crippen molar-refractivity contribution in [1.29, 1.82) is 5.26 Å². The summed E-state index contributed by atoms with van der Waals surface area (Å²) >= 11 is 11.7. The van der Waals surface area contributed by atoms with E-state index >= 15 is 0 Å². The van der Waals surface area contributed by atoms with Crippen molar-refractivity contribution in [2.24, 2.45) is 0 Å². The van der Waals surface area contributed by atoms with Crippen LogP contribution in [0.3, 0.4) is 0 Å². The molecule has 0 aliphatic rings. The lowest BCUT2D eigenvalue weighted by Gasteiger charge is -2.09. The summed E-state index contributed by atoms with van der Waals surface area (Å²) < 4.78 is 26.8. The molecule has 0 bridgehead atoms. The van der Waals surface area contributed by atoms with Gasteiger partial charge in [0.25, 0.3) is 10.0 Å². The van der Waals surface area contributed by atoms with Gasteiger partial charge in [0.2, 0.25) is 0 Å². The molecule has 0 unspecified atom stereocenters. The average molecular weight is 327 g/mol. The summed E-state index contributed by atoms with van der Waals surface area (Å²) in [5, 5.41) is 9.13. The molecule has 0 spiro atoms. The van der Waals surface area contributed by atoms with Crippen LogP contribution in [0.2, 0.25) is 10.0 Å². The van der Waals surface area contributed by atoms with Crippen molar-refractivity contribution in [3.63, 3.8) is 0 Å². The van der Waals surface area contributed by atoms with Gasteiger partial charge in [0.15, 0.2) is 0 Å². The van der Waals surface area contributed by atoms with Crippen LogP contribution in [0.15, 0.2) is 47.4 Å². The van der Waals surface area contributed by atoms with Crippen LogP contribution in [0.5, 0.6) is 0 Å². The minimum atomic E-state index is -3.84. The molecule has 2 rings (SSSR count). The van der Waals surface area contributed by atoms with Crippen LogP contribution >= 0.6 is 23.2 Å².